The Kier molecular flexibility index (Phi) is 2.78. The summed E-state index contributed by atoms with van der Waals surface area (Å²) in [4.78, 5) is 4.30. The van der Waals surface area contributed by atoms with Gasteiger partial charge in [-0.2, -0.15) is 4.37 Å². The van der Waals surface area contributed by atoms with Crippen LogP contribution in [0.4, 0.5) is 5.13 Å². The molecule has 0 aromatic carbocycles. The minimum atomic E-state index is 0.640. The molecule has 0 radical (unpaired) electrons. The summed E-state index contributed by atoms with van der Waals surface area (Å²) in [5.41, 5.74) is 0. The average molecular weight is 197 g/mol. The smallest absolute Gasteiger partial charge is 0.202 e. The lowest BCUT2D eigenvalue weighted by Crippen LogP contribution is -2.21. The average Bonchev–Trinajstić information content (AvgIpc) is 2.53. The maximum Gasteiger partial charge on any atom is 0.202 e. The number of aromatic nitrogens is 2. The summed E-state index contributed by atoms with van der Waals surface area (Å²) in [5.74, 6) is 0.878. The van der Waals surface area contributed by atoms with Crippen LogP contribution in [0, 0.1) is 6.92 Å². The van der Waals surface area contributed by atoms with Crippen LogP contribution >= 0.6 is 11.5 Å². The van der Waals surface area contributed by atoms with Gasteiger partial charge in [-0.05, 0) is 19.8 Å². The van der Waals surface area contributed by atoms with Crippen LogP contribution in [0.1, 0.15) is 37.9 Å². The number of nitrogens with zero attached hydrogens (tertiary/aromatic N) is 2. The van der Waals surface area contributed by atoms with E-state index in [1.807, 2.05) is 6.92 Å². The van der Waals surface area contributed by atoms with Crippen molar-refractivity contribution in [2.45, 2.75) is 45.1 Å². The number of nitrogens with one attached hydrogen (secondary N) is 1. The lowest BCUT2D eigenvalue weighted by atomic mass is 9.96. The Labute approximate surface area is 82.8 Å². The molecule has 4 heteroatoms. The van der Waals surface area contributed by atoms with Crippen molar-refractivity contribution in [2.75, 3.05) is 5.32 Å². The molecule has 1 saturated carbocycles. The van der Waals surface area contributed by atoms with E-state index in [0.29, 0.717) is 6.04 Å². The van der Waals surface area contributed by atoms with Crippen LogP contribution in [-0.2, 0) is 0 Å². The van der Waals surface area contributed by atoms with Crippen molar-refractivity contribution >= 4 is 16.7 Å². The Hall–Kier alpha value is -0.640. The standard InChI is InChI=1S/C9H15N3S/c1-7-10-9(13-12-7)11-8-5-3-2-4-6-8/h8H,2-6H2,1H3,(H,10,11,12). The van der Waals surface area contributed by atoms with Crippen LogP contribution in [-0.4, -0.2) is 15.4 Å². The number of hydrogen-bond acceptors (Lipinski definition) is 4. The zero-order chi connectivity index (χ0) is 9.10. The first-order valence-corrected chi connectivity index (χ1v) is 5.69. The maximum absolute atomic E-state index is 4.30. The second-order valence-corrected chi connectivity index (χ2v) is 4.38. The summed E-state index contributed by atoms with van der Waals surface area (Å²) in [7, 11) is 0. The van der Waals surface area contributed by atoms with Gasteiger partial charge in [0.25, 0.3) is 0 Å². The van der Waals surface area contributed by atoms with E-state index in [-0.39, 0.29) is 0 Å². The molecule has 13 heavy (non-hydrogen) atoms. The van der Waals surface area contributed by atoms with Gasteiger partial charge in [0, 0.05) is 17.6 Å². The van der Waals surface area contributed by atoms with Gasteiger partial charge in [0.15, 0.2) is 0 Å². The van der Waals surface area contributed by atoms with Crippen LogP contribution in [0.2, 0.25) is 0 Å². The van der Waals surface area contributed by atoms with Crippen LogP contribution in [0.5, 0.6) is 0 Å². The molecule has 0 atom stereocenters. The predicted molar refractivity (Wildman–Crippen MR) is 55.1 cm³/mol. The summed E-state index contributed by atoms with van der Waals surface area (Å²) >= 11 is 1.47. The first-order valence-electron chi connectivity index (χ1n) is 4.91. The topological polar surface area (TPSA) is 37.8 Å². The van der Waals surface area contributed by atoms with Gasteiger partial charge in [0.05, 0.1) is 0 Å². The molecule has 0 amide bonds. The van der Waals surface area contributed by atoms with Crippen LogP contribution in [0.3, 0.4) is 0 Å². The van der Waals surface area contributed by atoms with E-state index in [0.717, 1.165) is 11.0 Å². The zero-order valence-corrected chi connectivity index (χ0v) is 8.73. The molecule has 0 bridgehead atoms. The molecule has 0 aliphatic heterocycles. The predicted octanol–water partition coefficient (Wildman–Crippen LogP) is 2.59. The Bertz CT molecular complexity index is 266. The number of aryl methyl sites for hydroxylation is 1. The van der Waals surface area contributed by atoms with Gasteiger partial charge < -0.3 is 5.32 Å². The Morgan fingerprint density at radius 1 is 1.31 bits per heavy atom. The van der Waals surface area contributed by atoms with E-state index in [1.54, 1.807) is 0 Å². The van der Waals surface area contributed by atoms with Crippen molar-refractivity contribution in [1.29, 1.82) is 0 Å². The minimum Gasteiger partial charge on any atom is -0.358 e. The summed E-state index contributed by atoms with van der Waals surface area (Å²) in [6, 6.07) is 0.640. The molecule has 0 saturated heterocycles. The van der Waals surface area contributed by atoms with Crippen LogP contribution in [0.15, 0.2) is 0 Å². The van der Waals surface area contributed by atoms with Gasteiger partial charge in [-0.3, -0.25) is 0 Å². The highest BCUT2D eigenvalue weighted by Gasteiger charge is 2.14. The fraction of sp³-hybridized carbons (Fsp3) is 0.778. The number of anilines is 1. The highest BCUT2D eigenvalue weighted by atomic mass is 32.1. The van der Waals surface area contributed by atoms with Gasteiger partial charge in [-0.25, -0.2) is 4.98 Å². The fourth-order valence-corrected chi connectivity index (χ4v) is 2.43. The molecule has 1 fully saturated rings. The molecule has 1 aromatic rings. The molecule has 0 spiro atoms. The molecule has 72 valence electrons. The Balaban J connectivity index is 1.89. The molecular weight excluding hydrogens is 182 g/mol. The highest BCUT2D eigenvalue weighted by molar-refractivity contribution is 7.09. The van der Waals surface area contributed by atoms with Crippen molar-refractivity contribution in [1.82, 2.24) is 9.36 Å². The molecule has 3 nitrogen and oxygen atoms in total. The quantitative estimate of drug-likeness (QED) is 0.792. The summed E-state index contributed by atoms with van der Waals surface area (Å²) in [6.07, 6.45) is 6.69. The van der Waals surface area contributed by atoms with E-state index in [9.17, 15) is 0 Å². The maximum atomic E-state index is 4.30. The first kappa shape index (κ1) is 8.94. The lowest BCUT2D eigenvalue weighted by Gasteiger charge is -2.21. The van der Waals surface area contributed by atoms with E-state index in [1.165, 1.54) is 43.6 Å². The Morgan fingerprint density at radius 2 is 2.08 bits per heavy atom. The Morgan fingerprint density at radius 3 is 2.69 bits per heavy atom. The zero-order valence-electron chi connectivity index (χ0n) is 7.92. The lowest BCUT2D eigenvalue weighted by molar-refractivity contribution is 0.462. The molecular formula is C9H15N3S. The number of rotatable bonds is 2. The number of hydrogen-bond donors (Lipinski definition) is 1. The van der Waals surface area contributed by atoms with Crippen LogP contribution in [0.25, 0.3) is 0 Å². The monoisotopic (exact) mass is 197 g/mol. The molecule has 1 heterocycles. The van der Waals surface area contributed by atoms with Crippen molar-refractivity contribution in [3.8, 4) is 0 Å². The molecule has 1 aliphatic carbocycles. The second-order valence-electron chi connectivity index (χ2n) is 3.63. The summed E-state index contributed by atoms with van der Waals surface area (Å²) in [6.45, 7) is 1.93. The van der Waals surface area contributed by atoms with Crippen LogP contribution < -0.4 is 5.32 Å². The van der Waals surface area contributed by atoms with Crippen molar-refractivity contribution in [3.05, 3.63) is 5.82 Å². The molecule has 0 unspecified atom stereocenters. The SMILES string of the molecule is Cc1nsc(NC2CCCCC2)n1. The summed E-state index contributed by atoms with van der Waals surface area (Å²) < 4.78 is 4.15. The minimum absolute atomic E-state index is 0.640. The van der Waals surface area contributed by atoms with E-state index < -0.39 is 0 Å². The van der Waals surface area contributed by atoms with Crippen molar-refractivity contribution in [2.24, 2.45) is 0 Å². The molecule has 1 N–H and O–H groups in total. The first-order chi connectivity index (χ1) is 6.34. The van der Waals surface area contributed by atoms with E-state index in [4.69, 9.17) is 0 Å². The largest absolute Gasteiger partial charge is 0.358 e. The second kappa shape index (κ2) is 4.05. The van der Waals surface area contributed by atoms with Gasteiger partial charge in [0.1, 0.15) is 5.82 Å². The normalized spacial score (nSPS) is 18.8. The third-order valence-corrected chi connectivity index (χ3v) is 3.20. The highest BCUT2D eigenvalue weighted by Crippen LogP contribution is 2.22. The molecule has 1 aromatic heterocycles. The third-order valence-electron chi connectivity index (χ3n) is 2.46. The molecule has 1 aliphatic rings. The van der Waals surface area contributed by atoms with E-state index >= 15 is 0 Å². The fourth-order valence-electron chi connectivity index (χ4n) is 1.78. The van der Waals surface area contributed by atoms with Crippen molar-refractivity contribution < 1.29 is 0 Å². The van der Waals surface area contributed by atoms with Gasteiger partial charge >= 0.3 is 0 Å². The van der Waals surface area contributed by atoms with Gasteiger partial charge in [-0.15, -0.1) is 0 Å². The third kappa shape index (κ3) is 2.40. The molecule has 2 rings (SSSR count). The van der Waals surface area contributed by atoms with Gasteiger partial charge in [-0.1, -0.05) is 19.3 Å². The summed E-state index contributed by atoms with van der Waals surface area (Å²) in [5, 5.41) is 4.44. The van der Waals surface area contributed by atoms with E-state index in [2.05, 4.69) is 14.7 Å². The van der Waals surface area contributed by atoms with Gasteiger partial charge in [0.2, 0.25) is 5.13 Å². The van der Waals surface area contributed by atoms with Crippen molar-refractivity contribution in [3.63, 3.8) is 0 Å².